The SMILES string of the molecule is CC(C)(O)CNC(=O)C=Cc1cccc(C#N)c1. The largest absolute Gasteiger partial charge is 0.389 e. The number of nitriles is 1. The molecule has 0 saturated heterocycles. The van der Waals surface area contributed by atoms with Gasteiger partial charge in [0.15, 0.2) is 0 Å². The average molecular weight is 244 g/mol. The molecule has 0 saturated carbocycles. The number of nitrogens with zero attached hydrogens (tertiary/aromatic N) is 1. The first-order chi connectivity index (χ1) is 8.40. The van der Waals surface area contributed by atoms with Crippen LogP contribution in [-0.4, -0.2) is 23.2 Å². The van der Waals surface area contributed by atoms with Crippen LogP contribution in [0.25, 0.3) is 6.08 Å². The van der Waals surface area contributed by atoms with Crippen LogP contribution >= 0.6 is 0 Å². The molecular weight excluding hydrogens is 228 g/mol. The molecule has 1 amide bonds. The van der Waals surface area contributed by atoms with Crippen LogP contribution in [0.5, 0.6) is 0 Å². The van der Waals surface area contributed by atoms with Gasteiger partial charge in [-0.3, -0.25) is 4.79 Å². The van der Waals surface area contributed by atoms with Gasteiger partial charge in [0.1, 0.15) is 0 Å². The molecule has 0 aromatic heterocycles. The molecule has 0 spiro atoms. The van der Waals surface area contributed by atoms with Gasteiger partial charge >= 0.3 is 0 Å². The van der Waals surface area contributed by atoms with Crippen LogP contribution < -0.4 is 5.32 Å². The van der Waals surface area contributed by atoms with E-state index in [2.05, 4.69) is 5.32 Å². The van der Waals surface area contributed by atoms with Crippen LogP contribution in [0.4, 0.5) is 0 Å². The van der Waals surface area contributed by atoms with E-state index in [1.165, 1.54) is 6.08 Å². The Labute approximate surface area is 107 Å². The Morgan fingerprint density at radius 3 is 2.89 bits per heavy atom. The number of amides is 1. The number of rotatable bonds is 4. The first kappa shape index (κ1) is 13.9. The monoisotopic (exact) mass is 244 g/mol. The number of aliphatic hydroxyl groups is 1. The van der Waals surface area contributed by atoms with Gasteiger partial charge in [-0.25, -0.2) is 0 Å². The second-order valence-electron chi connectivity index (χ2n) is 4.60. The summed E-state index contributed by atoms with van der Waals surface area (Å²) in [7, 11) is 0. The number of carbonyl (C=O) groups excluding carboxylic acids is 1. The molecule has 18 heavy (non-hydrogen) atoms. The summed E-state index contributed by atoms with van der Waals surface area (Å²) in [5, 5.41) is 20.8. The molecule has 0 heterocycles. The van der Waals surface area contributed by atoms with E-state index in [0.717, 1.165) is 5.56 Å². The first-order valence-electron chi connectivity index (χ1n) is 5.59. The predicted molar refractivity (Wildman–Crippen MR) is 69.5 cm³/mol. The van der Waals surface area contributed by atoms with Crippen molar-refractivity contribution >= 4 is 12.0 Å². The van der Waals surface area contributed by atoms with E-state index in [4.69, 9.17) is 5.26 Å². The molecule has 1 rings (SSSR count). The van der Waals surface area contributed by atoms with Gasteiger partial charge in [0.25, 0.3) is 0 Å². The van der Waals surface area contributed by atoms with Gasteiger partial charge in [0, 0.05) is 12.6 Å². The van der Waals surface area contributed by atoms with Gasteiger partial charge in [-0.15, -0.1) is 0 Å². The van der Waals surface area contributed by atoms with E-state index in [9.17, 15) is 9.90 Å². The maximum atomic E-state index is 11.4. The van der Waals surface area contributed by atoms with Crippen molar-refractivity contribution in [3.63, 3.8) is 0 Å². The normalized spacial score (nSPS) is 11.2. The number of hydrogen-bond acceptors (Lipinski definition) is 3. The summed E-state index contributed by atoms with van der Waals surface area (Å²) in [6.45, 7) is 3.43. The molecule has 4 nitrogen and oxygen atoms in total. The topological polar surface area (TPSA) is 73.1 Å². The Morgan fingerprint density at radius 2 is 2.28 bits per heavy atom. The molecule has 0 fully saturated rings. The van der Waals surface area contributed by atoms with E-state index in [1.54, 1.807) is 44.2 Å². The van der Waals surface area contributed by atoms with Crippen LogP contribution in [0.1, 0.15) is 25.0 Å². The maximum Gasteiger partial charge on any atom is 0.244 e. The fourth-order valence-electron chi connectivity index (χ4n) is 1.25. The van der Waals surface area contributed by atoms with Crippen LogP contribution in [-0.2, 0) is 4.79 Å². The highest BCUT2D eigenvalue weighted by Crippen LogP contribution is 2.06. The molecule has 94 valence electrons. The van der Waals surface area contributed by atoms with Crippen molar-refractivity contribution in [1.29, 1.82) is 5.26 Å². The second kappa shape index (κ2) is 5.99. The average Bonchev–Trinajstić information content (AvgIpc) is 2.33. The molecular formula is C14H16N2O2. The van der Waals surface area contributed by atoms with Crippen molar-refractivity contribution in [2.45, 2.75) is 19.4 Å². The van der Waals surface area contributed by atoms with E-state index >= 15 is 0 Å². The number of benzene rings is 1. The van der Waals surface area contributed by atoms with Crippen LogP contribution in [0, 0.1) is 11.3 Å². The minimum Gasteiger partial charge on any atom is -0.389 e. The molecule has 4 heteroatoms. The lowest BCUT2D eigenvalue weighted by Gasteiger charge is -2.16. The maximum absolute atomic E-state index is 11.4. The highest BCUT2D eigenvalue weighted by Gasteiger charge is 2.12. The zero-order valence-electron chi connectivity index (χ0n) is 10.5. The second-order valence-corrected chi connectivity index (χ2v) is 4.60. The van der Waals surface area contributed by atoms with Crippen molar-refractivity contribution in [1.82, 2.24) is 5.32 Å². The molecule has 1 aromatic rings. The number of nitrogens with one attached hydrogen (secondary N) is 1. The fourth-order valence-corrected chi connectivity index (χ4v) is 1.25. The summed E-state index contributed by atoms with van der Waals surface area (Å²) < 4.78 is 0. The van der Waals surface area contributed by atoms with Crippen molar-refractivity contribution in [3.8, 4) is 6.07 Å². The Kier molecular flexibility index (Phi) is 4.64. The summed E-state index contributed by atoms with van der Waals surface area (Å²) >= 11 is 0. The molecule has 0 aliphatic carbocycles. The third-order valence-corrected chi connectivity index (χ3v) is 2.14. The van der Waals surface area contributed by atoms with Gasteiger partial charge in [0.2, 0.25) is 5.91 Å². The minimum absolute atomic E-state index is 0.189. The third kappa shape index (κ3) is 5.28. The molecule has 0 radical (unpaired) electrons. The quantitative estimate of drug-likeness (QED) is 0.787. The zero-order chi connectivity index (χ0) is 13.6. The molecule has 0 aliphatic heterocycles. The lowest BCUT2D eigenvalue weighted by molar-refractivity contribution is -0.117. The third-order valence-electron chi connectivity index (χ3n) is 2.14. The Morgan fingerprint density at radius 1 is 1.56 bits per heavy atom. The van der Waals surface area contributed by atoms with E-state index in [1.807, 2.05) is 6.07 Å². The van der Waals surface area contributed by atoms with Crippen LogP contribution in [0.2, 0.25) is 0 Å². The minimum atomic E-state index is -0.926. The summed E-state index contributed by atoms with van der Waals surface area (Å²) in [5.41, 5.74) is 0.408. The van der Waals surface area contributed by atoms with Gasteiger partial charge in [-0.05, 0) is 37.6 Å². The van der Waals surface area contributed by atoms with E-state index < -0.39 is 5.60 Å². The molecule has 0 aliphatic rings. The zero-order valence-corrected chi connectivity index (χ0v) is 10.5. The van der Waals surface area contributed by atoms with Crippen molar-refractivity contribution in [2.75, 3.05) is 6.54 Å². The van der Waals surface area contributed by atoms with Crippen LogP contribution in [0.15, 0.2) is 30.3 Å². The summed E-state index contributed by atoms with van der Waals surface area (Å²) in [6, 6.07) is 8.99. The van der Waals surface area contributed by atoms with E-state index in [0.29, 0.717) is 5.56 Å². The summed E-state index contributed by atoms with van der Waals surface area (Å²) in [5.74, 6) is -0.278. The summed E-state index contributed by atoms with van der Waals surface area (Å²) in [6.07, 6.45) is 3.00. The van der Waals surface area contributed by atoms with Gasteiger partial charge in [-0.1, -0.05) is 12.1 Å². The highest BCUT2D eigenvalue weighted by molar-refractivity contribution is 5.91. The van der Waals surface area contributed by atoms with Crippen LogP contribution in [0.3, 0.4) is 0 Å². The van der Waals surface area contributed by atoms with Crippen molar-refractivity contribution in [3.05, 3.63) is 41.5 Å². The molecule has 1 aromatic carbocycles. The van der Waals surface area contributed by atoms with Crippen molar-refractivity contribution < 1.29 is 9.90 Å². The standard InChI is InChI=1S/C14H16N2O2/c1-14(2,18)10-16-13(17)7-6-11-4-3-5-12(8-11)9-15/h3-8,18H,10H2,1-2H3,(H,16,17). The Bertz CT molecular complexity index is 493. The Hall–Kier alpha value is -2.12. The molecule has 2 N–H and O–H groups in total. The van der Waals surface area contributed by atoms with Gasteiger partial charge in [-0.2, -0.15) is 5.26 Å². The highest BCUT2D eigenvalue weighted by atomic mass is 16.3. The van der Waals surface area contributed by atoms with E-state index in [-0.39, 0.29) is 12.5 Å². The lowest BCUT2D eigenvalue weighted by Crippen LogP contribution is -2.37. The lowest BCUT2D eigenvalue weighted by atomic mass is 10.1. The van der Waals surface area contributed by atoms with Gasteiger partial charge in [0.05, 0.1) is 17.2 Å². The van der Waals surface area contributed by atoms with Gasteiger partial charge < -0.3 is 10.4 Å². The number of carbonyl (C=O) groups is 1. The molecule has 0 unspecified atom stereocenters. The molecule has 0 atom stereocenters. The van der Waals surface area contributed by atoms with Crippen molar-refractivity contribution in [2.24, 2.45) is 0 Å². The summed E-state index contributed by atoms with van der Waals surface area (Å²) in [4.78, 5) is 11.4. The Balaban J connectivity index is 2.58. The smallest absolute Gasteiger partial charge is 0.244 e. The predicted octanol–water partition coefficient (Wildman–Crippen LogP) is 1.46. The molecule has 0 bridgehead atoms. The fraction of sp³-hybridized carbons (Fsp3) is 0.286. The first-order valence-corrected chi connectivity index (χ1v) is 5.59. The number of hydrogen-bond donors (Lipinski definition) is 2.